The topological polar surface area (TPSA) is 3.24 Å². The highest BCUT2D eigenvalue weighted by Crippen LogP contribution is 2.20. The smallest absolute Gasteiger partial charge is 0.0996 e. The second-order valence-corrected chi connectivity index (χ2v) is 5.19. The number of thioether (sulfide) groups is 2. The minimum Gasteiger partial charge on any atom is -0.282 e. The van der Waals surface area contributed by atoms with E-state index in [4.69, 9.17) is 0 Å². The Morgan fingerprint density at radius 3 is 2.60 bits per heavy atom. The standard InChI is InChI=1S/C6H13NS3/c1-9-6(8)7-2-4-10-5-3-7/h6,8H,2-5H2,1H3. The van der Waals surface area contributed by atoms with Crippen LogP contribution in [0.3, 0.4) is 0 Å². The predicted octanol–water partition coefficient (Wildman–Crippen LogP) is 1.61. The fourth-order valence-electron chi connectivity index (χ4n) is 0.947. The number of nitrogens with zero attached hydrogens (tertiary/aromatic N) is 1. The van der Waals surface area contributed by atoms with Gasteiger partial charge in [-0.05, 0) is 6.26 Å². The fraction of sp³-hybridized carbons (Fsp3) is 1.00. The molecule has 0 amide bonds. The van der Waals surface area contributed by atoms with Crippen LogP contribution in [0.2, 0.25) is 0 Å². The van der Waals surface area contributed by atoms with Gasteiger partial charge in [0.25, 0.3) is 0 Å². The summed E-state index contributed by atoms with van der Waals surface area (Å²) in [5.74, 6) is 2.55. The van der Waals surface area contributed by atoms with Gasteiger partial charge >= 0.3 is 0 Å². The quantitative estimate of drug-likeness (QED) is 0.527. The first-order valence-electron chi connectivity index (χ1n) is 3.37. The third-order valence-corrected chi connectivity index (χ3v) is 4.19. The van der Waals surface area contributed by atoms with Crippen LogP contribution in [-0.2, 0) is 0 Å². The summed E-state index contributed by atoms with van der Waals surface area (Å²) in [5, 5.41) is 0. The molecule has 10 heavy (non-hydrogen) atoms. The Morgan fingerprint density at radius 1 is 1.50 bits per heavy atom. The van der Waals surface area contributed by atoms with Crippen LogP contribution in [0.5, 0.6) is 0 Å². The molecular formula is C6H13NS3. The average Bonchev–Trinajstić information content (AvgIpc) is 2.05. The summed E-state index contributed by atoms with van der Waals surface area (Å²) < 4.78 is 0.418. The maximum absolute atomic E-state index is 4.45. The Balaban J connectivity index is 2.24. The molecule has 60 valence electrons. The highest BCUT2D eigenvalue weighted by Gasteiger charge is 2.15. The van der Waals surface area contributed by atoms with Crippen LogP contribution in [-0.4, -0.2) is 40.5 Å². The lowest BCUT2D eigenvalue weighted by atomic mass is 10.5. The van der Waals surface area contributed by atoms with Gasteiger partial charge in [-0.2, -0.15) is 11.8 Å². The Labute approximate surface area is 76.7 Å². The minimum absolute atomic E-state index is 0.418. The van der Waals surface area contributed by atoms with Gasteiger partial charge in [-0.15, -0.1) is 24.4 Å². The normalized spacial score (nSPS) is 24.6. The third-order valence-electron chi connectivity index (χ3n) is 1.57. The van der Waals surface area contributed by atoms with Crippen LogP contribution in [0.1, 0.15) is 0 Å². The Hall–Kier alpha value is 1.01. The molecule has 0 bridgehead atoms. The number of rotatable bonds is 2. The highest BCUT2D eigenvalue weighted by atomic mass is 32.2. The summed E-state index contributed by atoms with van der Waals surface area (Å²) in [4.78, 5) is 2.42. The molecule has 0 spiro atoms. The minimum atomic E-state index is 0.418. The summed E-state index contributed by atoms with van der Waals surface area (Å²) in [5.41, 5.74) is 0. The molecule has 0 N–H and O–H groups in total. The van der Waals surface area contributed by atoms with Crippen molar-refractivity contribution in [2.45, 2.75) is 4.71 Å². The van der Waals surface area contributed by atoms with E-state index in [9.17, 15) is 0 Å². The zero-order chi connectivity index (χ0) is 7.40. The van der Waals surface area contributed by atoms with Crippen molar-refractivity contribution in [3.63, 3.8) is 0 Å². The summed E-state index contributed by atoms with van der Waals surface area (Å²) >= 11 is 8.31. The third kappa shape index (κ3) is 2.57. The van der Waals surface area contributed by atoms with Gasteiger partial charge in [0.15, 0.2) is 0 Å². The number of thiol groups is 1. The Kier molecular flexibility index (Phi) is 4.37. The van der Waals surface area contributed by atoms with Crippen molar-refractivity contribution in [2.75, 3.05) is 30.9 Å². The SMILES string of the molecule is CSC(S)N1CCSCC1. The summed E-state index contributed by atoms with van der Waals surface area (Å²) in [7, 11) is 0. The molecule has 0 saturated carbocycles. The maximum Gasteiger partial charge on any atom is 0.0996 e. The number of hydrogen-bond donors (Lipinski definition) is 1. The second-order valence-electron chi connectivity index (χ2n) is 2.21. The van der Waals surface area contributed by atoms with Crippen molar-refractivity contribution in [1.29, 1.82) is 0 Å². The van der Waals surface area contributed by atoms with E-state index in [-0.39, 0.29) is 0 Å². The summed E-state index contributed by atoms with van der Waals surface area (Å²) in [6.07, 6.45) is 2.11. The van der Waals surface area contributed by atoms with Gasteiger partial charge in [-0.3, -0.25) is 4.90 Å². The van der Waals surface area contributed by atoms with Crippen molar-refractivity contribution < 1.29 is 0 Å². The highest BCUT2D eigenvalue weighted by molar-refractivity contribution is 8.09. The van der Waals surface area contributed by atoms with Crippen molar-refractivity contribution in [3.05, 3.63) is 0 Å². The molecule has 1 heterocycles. The molecule has 1 saturated heterocycles. The van der Waals surface area contributed by atoms with E-state index in [0.29, 0.717) is 4.71 Å². The van der Waals surface area contributed by atoms with Gasteiger partial charge < -0.3 is 0 Å². The van der Waals surface area contributed by atoms with Crippen molar-refractivity contribution in [3.8, 4) is 0 Å². The molecule has 1 aliphatic rings. The number of hydrogen-bond acceptors (Lipinski definition) is 4. The fourth-order valence-corrected chi connectivity index (χ4v) is 2.62. The summed E-state index contributed by atoms with van der Waals surface area (Å²) in [6, 6.07) is 0. The predicted molar refractivity (Wildman–Crippen MR) is 55.2 cm³/mol. The second kappa shape index (κ2) is 4.80. The van der Waals surface area contributed by atoms with Crippen molar-refractivity contribution in [2.24, 2.45) is 0 Å². The molecule has 0 aromatic heterocycles. The lowest BCUT2D eigenvalue weighted by molar-refractivity contribution is 0.339. The molecule has 1 rings (SSSR count). The molecule has 4 heteroatoms. The van der Waals surface area contributed by atoms with E-state index in [0.717, 1.165) is 0 Å². The largest absolute Gasteiger partial charge is 0.282 e. The van der Waals surface area contributed by atoms with Gasteiger partial charge in [0.05, 0.1) is 4.71 Å². The zero-order valence-electron chi connectivity index (χ0n) is 6.12. The van der Waals surface area contributed by atoms with Gasteiger partial charge in [-0.1, -0.05) is 0 Å². The van der Waals surface area contributed by atoms with Gasteiger partial charge in [-0.25, -0.2) is 0 Å². The summed E-state index contributed by atoms with van der Waals surface area (Å²) in [6.45, 7) is 2.42. The van der Waals surface area contributed by atoms with Gasteiger partial charge in [0.1, 0.15) is 0 Å². The van der Waals surface area contributed by atoms with Crippen LogP contribution < -0.4 is 0 Å². The molecule has 0 radical (unpaired) electrons. The van der Waals surface area contributed by atoms with Crippen LogP contribution in [0, 0.1) is 0 Å². The van der Waals surface area contributed by atoms with Crippen LogP contribution >= 0.6 is 36.2 Å². The van der Waals surface area contributed by atoms with Crippen LogP contribution in [0.25, 0.3) is 0 Å². The molecule has 1 atom stereocenters. The molecule has 0 aromatic rings. The zero-order valence-corrected chi connectivity index (χ0v) is 8.64. The molecule has 1 unspecified atom stereocenters. The lowest BCUT2D eigenvalue weighted by Crippen LogP contribution is -2.36. The molecule has 0 aliphatic carbocycles. The van der Waals surface area contributed by atoms with E-state index in [2.05, 4.69) is 23.8 Å². The van der Waals surface area contributed by atoms with Crippen LogP contribution in [0.15, 0.2) is 0 Å². The first-order chi connectivity index (χ1) is 4.84. The molecule has 1 nitrogen and oxygen atoms in total. The van der Waals surface area contributed by atoms with E-state index in [1.165, 1.54) is 24.6 Å². The molecule has 0 aromatic carbocycles. The molecule has 1 aliphatic heterocycles. The Bertz CT molecular complexity index is 93.0. The Morgan fingerprint density at radius 2 is 2.10 bits per heavy atom. The molecular weight excluding hydrogens is 182 g/mol. The average molecular weight is 195 g/mol. The first-order valence-corrected chi connectivity index (χ1v) is 6.33. The first kappa shape index (κ1) is 9.10. The van der Waals surface area contributed by atoms with E-state index < -0.39 is 0 Å². The van der Waals surface area contributed by atoms with E-state index in [1.807, 2.05) is 23.5 Å². The van der Waals surface area contributed by atoms with Gasteiger partial charge in [0, 0.05) is 24.6 Å². The van der Waals surface area contributed by atoms with E-state index >= 15 is 0 Å². The van der Waals surface area contributed by atoms with Crippen molar-refractivity contribution >= 4 is 36.2 Å². The van der Waals surface area contributed by atoms with Crippen molar-refractivity contribution in [1.82, 2.24) is 4.90 Å². The lowest BCUT2D eigenvalue weighted by Gasteiger charge is -2.29. The monoisotopic (exact) mass is 195 g/mol. The van der Waals surface area contributed by atoms with Gasteiger partial charge in [0.2, 0.25) is 0 Å². The molecule has 1 fully saturated rings. The maximum atomic E-state index is 4.45. The van der Waals surface area contributed by atoms with Crippen LogP contribution in [0.4, 0.5) is 0 Å². The van der Waals surface area contributed by atoms with E-state index in [1.54, 1.807) is 0 Å².